The molecule has 4 heteroatoms. The maximum atomic E-state index is 11.3. The van der Waals surface area contributed by atoms with E-state index in [2.05, 4.69) is 10.2 Å². The molecule has 3 atom stereocenters. The summed E-state index contributed by atoms with van der Waals surface area (Å²) < 4.78 is 0. The lowest BCUT2D eigenvalue weighted by molar-refractivity contribution is -0.119. The van der Waals surface area contributed by atoms with Crippen molar-refractivity contribution >= 4 is 5.91 Å². The Hall–Kier alpha value is -0.610. The first-order valence-corrected chi connectivity index (χ1v) is 6.89. The van der Waals surface area contributed by atoms with Crippen LogP contribution < -0.4 is 5.32 Å². The first-order chi connectivity index (χ1) is 8.20. The van der Waals surface area contributed by atoms with Gasteiger partial charge in [-0.1, -0.05) is 13.3 Å². The number of aliphatic hydroxyl groups is 1. The number of hydrogen-bond donors (Lipinski definition) is 2. The lowest BCUT2D eigenvalue weighted by Crippen LogP contribution is -2.47. The first-order valence-electron chi connectivity index (χ1n) is 6.89. The Kier molecular flexibility index (Phi) is 4.40. The van der Waals surface area contributed by atoms with E-state index in [1.807, 2.05) is 6.92 Å². The van der Waals surface area contributed by atoms with Gasteiger partial charge in [-0.15, -0.1) is 0 Å². The molecule has 2 saturated heterocycles. The Morgan fingerprint density at radius 3 is 3.00 bits per heavy atom. The Balaban J connectivity index is 1.94. The van der Waals surface area contributed by atoms with Crippen molar-refractivity contribution in [3.63, 3.8) is 0 Å². The summed E-state index contributed by atoms with van der Waals surface area (Å²) in [7, 11) is 0. The molecule has 2 heterocycles. The van der Waals surface area contributed by atoms with Crippen molar-refractivity contribution in [3.05, 3.63) is 0 Å². The Morgan fingerprint density at radius 1 is 1.53 bits per heavy atom. The Morgan fingerprint density at radius 2 is 2.35 bits per heavy atom. The molecule has 0 aromatic rings. The molecule has 0 aliphatic carbocycles. The predicted molar refractivity (Wildman–Crippen MR) is 66.6 cm³/mol. The molecule has 0 aromatic heterocycles. The SMILES string of the molecule is CC[C@@H](O)CN1CCCCC1C1CNC(=O)C1. The molecule has 0 spiro atoms. The number of carbonyl (C=O) groups excluding carboxylic acids is 1. The van der Waals surface area contributed by atoms with Crippen molar-refractivity contribution in [3.8, 4) is 0 Å². The molecule has 1 amide bonds. The van der Waals surface area contributed by atoms with Crippen LogP contribution in [0.15, 0.2) is 0 Å². The zero-order chi connectivity index (χ0) is 12.3. The highest BCUT2D eigenvalue weighted by atomic mass is 16.3. The Labute approximate surface area is 103 Å². The van der Waals surface area contributed by atoms with E-state index in [1.54, 1.807) is 0 Å². The quantitative estimate of drug-likeness (QED) is 0.762. The van der Waals surface area contributed by atoms with Crippen LogP contribution in [0.4, 0.5) is 0 Å². The third-order valence-corrected chi connectivity index (χ3v) is 4.13. The van der Waals surface area contributed by atoms with Crippen LogP contribution in [0.5, 0.6) is 0 Å². The molecule has 2 rings (SSSR count). The number of hydrogen-bond acceptors (Lipinski definition) is 3. The monoisotopic (exact) mass is 240 g/mol. The van der Waals surface area contributed by atoms with Gasteiger partial charge in [-0.2, -0.15) is 0 Å². The van der Waals surface area contributed by atoms with Crippen LogP contribution in [0.25, 0.3) is 0 Å². The molecule has 2 aliphatic heterocycles. The van der Waals surface area contributed by atoms with Gasteiger partial charge in [-0.25, -0.2) is 0 Å². The number of likely N-dealkylation sites (tertiary alicyclic amines) is 1. The van der Waals surface area contributed by atoms with E-state index in [1.165, 1.54) is 19.3 Å². The van der Waals surface area contributed by atoms with E-state index in [4.69, 9.17) is 0 Å². The van der Waals surface area contributed by atoms with Crippen molar-refractivity contribution in [2.75, 3.05) is 19.6 Å². The van der Waals surface area contributed by atoms with Crippen molar-refractivity contribution in [2.45, 2.75) is 51.2 Å². The van der Waals surface area contributed by atoms with Crippen molar-refractivity contribution in [1.82, 2.24) is 10.2 Å². The van der Waals surface area contributed by atoms with Gasteiger partial charge in [0, 0.05) is 31.5 Å². The van der Waals surface area contributed by atoms with Crippen molar-refractivity contribution < 1.29 is 9.90 Å². The van der Waals surface area contributed by atoms with E-state index in [0.29, 0.717) is 18.4 Å². The van der Waals surface area contributed by atoms with E-state index in [0.717, 1.165) is 26.1 Å². The normalized spacial score (nSPS) is 32.5. The third kappa shape index (κ3) is 3.19. The van der Waals surface area contributed by atoms with Crippen LogP contribution in [-0.4, -0.2) is 47.7 Å². The number of carbonyl (C=O) groups is 1. The second kappa shape index (κ2) is 5.83. The standard InChI is InChI=1S/C13H24N2O2/c1-2-11(16)9-15-6-4-3-5-12(15)10-7-13(17)14-8-10/h10-12,16H,2-9H2,1H3,(H,14,17)/t10?,11-,12?/m1/s1. The van der Waals surface area contributed by atoms with Gasteiger partial charge in [-0.05, 0) is 25.8 Å². The highest BCUT2D eigenvalue weighted by molar-refractivity contribution is 5.78. The molecule has 0 radical (unpaired) electrons. The van der Waals surface area contributed by atoms with Crippen LogP contribution in [0.3, 0.4) is 0 Å². The van der Waals surface area contributed by atoms with Gasteiger partial charge in [0.1, 0.15) is 0 Å². The van der Waals surface area contributed by atoms with Crippen molar-refractivity contribution in [2.24, 2.45) is 5.92 Å². The fourth-order valence-electron chi connectivity index (χ4n) is 3.08. The number of rotatable bonds is 4. The van der Waals surface area contributed by atoms with E-state index in [9.17, 15) is 9.90 Å². The van der Waals surface area contributed by atoms with Gasteiger partial charge in [0.2, 0.25) is 5.91 Å². The minimum Gasteiger partial charge on any atom is -0.392 e. The molecule has 2 fully saturated rings. The summed E-state index contributed by atoms with van der Waals surface area (Å²) in [4.78, 5) is 13.7. The zero-order valence-corrected chi connectivity index (χ0v) is 10.7. The smallest absolute Gasteiger partial charge is 0.220 e. The average molecular weight is 240 g/mol. The lowest BCUT2D eigenvalue weighted by atomic mass is 9.89. The molecule has 2 N–H and O–H groups in total. The van der Waals surface area contributed by atoms with E-state index in [-0.39, 0.29) is 12.0 Å². The van der Waals surface area contributed by atoms with Crippen LogP contribution in [0.2, 0.25) is 0 Å². The second-order valence-corrected chi connectivity index (χ2v) is 5.39. The largest absolute Gasteiger partial charge is 0.392 e. The highest BCUT2D eigenvalue weighted by Gasteiger charge is 2.34. The molecule has 2 aliphatic rings. The first kappa shape index (κ1) is 12.8. The van der Waals surface area contributed by atoms with Crippen LogP contribution in [0.1, 0.15) is 39.0 Å². The molecular formula is C13H24N2O2. The molecule has 2 unspecified atom stereocenters. The fourth-order valence-corrected chi connectivity index (χ4v) is 3.08. The number of amides is 1. The molecule has 0 aromatic carbocycles. The third-order valence-electron chi connectivity index (χ3n) is 4.13. The average Bonchev–Trinajstić information content (AvgIpc) is 2.76. The number of β-amino-alcohol motifs (C(OH)–C–C–N with tert-alkyl or cyclic N) is 1. The number of aliphatic hydroxyl groups excluding tert-OH is 1. The number of piperidine rings is 1. The summed E-state index contributed by atoms with van der Waals surface area (Å²) in [6.07, 6.45) is 4.92. The van der Waals surface area contributed by atoms with Crippen LogP contribution in [-0.2, 0) is 4.79 Å². The zero-order valence-electron chi connectivity index (χ0n) is 10.7. The van der Waals surface area contributed by atoms with E-state index < -0.39 is 0 Å². The fraction of sp³-hybridized carbons (Fsp3) is 0.923. The van der Waals surface area contributed by atoms with Gasteiger partial charge in [0.15, 0.2) is 0 Å². The van der Waals surface area contributed by atoms with Crippen LogP contribution in [0, 0.1) is 5.92 Å². The molecule has 4 nitrogen and oxygen atoms in total. The van der Waals surface area contributed by atoms with Gasteiger partial charge in [0.05, 0.1) is 6.10 Å². The minimum absolute atomic E-state index is 0.191. The minimum atomic E-state index is -0.222. The van der Waals surface area contributed by atoms with Crippen LogP contribution >= 0.6 is 0 Å². The van der Waals surface area contributed by atoms with Gasteiger partial charge < -0.3 is 10.4 Å². The summed E-state index contributed by atoms with van der Waals surface area (Å²) in [6, 6.07) is 0.490. The summed E-state index contributed by atoms with van der Waals surface area (Å²) >= 11 is 0. The van der Waals surface area contributed by atoms with Crippen molar-refractivity contribution in [1.29, 1.82) is 0 Å². The predicted octanol–water partition coefficient (Wildman–Crippen LogP) is 0.748. The summed E-state index contributed by atoms with van der Waals surface area (Å²) in [5.41, 5.74) is 0. The molecule has 98 valence electrons. The summed E-state index contributed by atoms with van der Waals surface area (Å²) in [6.45, 7) is 4.69. The molecule has 0 saturated carbocycles. The maximum absolute atomic E-state index is 11.3. The number of nitrogens with zero attached hydrogens (tertiary/aromatic N) is 1. The lowest BCUT2D eigenvalue weighted by Gasteiger charge is -2.39. The number of nitrogens with one attached hydrogen (secondary N) is 1. The molecule has 0 bridgehead atoms. The van der Waals surface area contributed by atoms with Gasteiger partial charge in [0.25, 0.3) is 0 Å². The topological polar surface area (TPSA) is 52.6 Å². The van der Waals surface area contributed by atoms with E-state index >= 15 is 0 Å². The maximum Gasteiger partial charge on any atom is 0.220 e. The highest BCUT2D eigenvalue weighted by Crippen LogP contribution is 2.27. The molecule has 17 heavy (non-hydrogen) atoms. The van der Waals surface area contributed by atoms with Gasteiger partial charge in [-0.3, -0.25) is 9.69 Å². The summed E-state index contributed by atoms with van der Waals surface area (Å²) in [5, 5.41) is 12.7. The van der Waals surface area contributed by atoms with Gasteiger partial charge >= 0.3 is 0 Å². The summed E-state index contributed by atoms with van der Waals surface area (Å²) in [5.74, 6) is 0.642. The second-order valence-electron chi connectivity index (χ2n) is 5.39. The molecular weight excluding hydrogens is 216 g/mol. The Bertz CT molecular complexity index is 270.